The maximum atomic E-state index is 13.5. The Morgan fingerprint density at radius 3 is 1.29 bits per heavy atom. The molecule has 1 aliphatic heterocycles. The van der Waals surface area contributed by atoms with Crippen LogP contribution in [0.2, 0.25) is 0 Å². The maximum absolute atomic E-state index is 13.5. The average Bonchev–Trinajstić information content (AvgIpc) is 1.66. The summed E-state index contributed by atoms with van der Waals surface area (Å²) in [5.41, 5.74) is 10.1. The highest BCUT2D eigenvalue weighted by molar-refractivity contribution is 9.10. The first-order valence-electron chi connectivity index (χ1n) is 42.5. The molecular formula is C104H100BrN9O14S5. The van der Waals surface area contributed by atoms with Gasteiger partial charge in [0.2, 0.25) is 15.9 Å². The van der Waals surface area contributed by atoms with Crippen molar-refractivity contribution in [1.29, 1.82) is 5.26 Å². The summed E-state index contributed by atoms with van der Waals surface area (Å²) >= 11 is 9.72. The molecule has 0 bridgehead atoms. The molecule has 7 aromatic heterocycles. The summed E-state index contributed by atoms with van der Waals surface area (Å²) in [7, 11) is 4.85. The second-order valence-corrected chi connectivity index (χ2v) is 37.5. The topological polar surface area (TPSA) is 257 Å². The van der Waals surface area contributed by atoms with Gasteiger partial charge in [-0.15, -0.1) is 45.3 Å². The first-order valence-corrected chi connectivity index (χ1v) is 48.4. The summed E-state index contributed by atoms with van der Waals surface area (Å²) in [5.74, 6) is 5.28. The lowest BCUT2D eigenvalue weighted by Gasteiger charge is -2.24. The number of ether oxygens (including phenoxy) is 5. The minimum atomic E-state index is -3.25. The van der Waals surface area contributed by atoms with E-state index < -0.39 is 10.0 Å². The van der Waals surface area contributed by atoms with Crippen LogP contribution in [-0.2, 0) is 82.0 Å². The monoisotopic (exact) mass is 1940 g/mol. The Morgan fingerprint density at radius 1 is 0.436 bits per heavy atom. The number of carbonyl (C=O) groups excluding carboxylic acids is 4. The minimum Gasteiger partial charge on any atom is -0.496 e. The van der Waals surface area contributed by atoms with Gasteiger partial charge < -0.3 is 56.6 Å². The van der Waals surface area contributed by atoms with E-state index in [0.29, 0.717) is 128 Å². The lowest BCUT2D eigenvalue weighted by Crippen LogP contribution is -2.30. The number of nitriles is 1. The fourth-order valence-electron chi connectivity index (χ4n) is 14.8. The van der Waals surface area contributed by atoms with Crippen molar-refractivity contribution in [2.45, 2.75) is 92.3 Å². The summed E-state index contributed by atoms with van der Waals surface area (Å²) in [6, 6.07) is 92.4. The van der Waals surface area contributed by atoms with Crippen molar-refractivity contribution in [3.8, 4) is 34.8 Å². The molecule has 0 aliphatic carbocycles. The van der Waals surface area contributed by atoms with Crippen LogP contribution in [0.15, 0.2) is 325 Å². The Labute approximate surface area is 799 Å². The van der Waals surface area contributed by atoms with Gasteiger partial charge in [-0.2, -0.15) is 10.2 Å². The number of amides is 4. The molecule has 29 heteroatoms. The highest BCUT2D eigenvalue weighted by Crippen LogP contribution is 2.34. The molecule has 16 aromatic rings. The van der Waals surface area contributed by atoms with E-state index in [-0.39, 0.29) is 29.4 Å². The SMILES string of the molecule is COc1ccc(CN(Cc2cccs2)C(=O)c2oc3ccccc3c2C)cc1OC.COc1ccccc1CN(Cc1cccs1)C(=O)c1ccc(Br)o1.COc1ccccc1CN(Cc1cccs1)C(=O)c1ccc(C#N)cc1.COc1ccccc1CN(Cc1cccs1)C(=O)c1ccc(N2CCCS2(=O)=O)cc1.Cc1nc(CN(Cc2ccccc2)Cc2ccccc2)no1. The number of hydrogen-bond donors (Lipinski definition) is 0. The molecule has 1 saturated heterocycles. The Hall–Kier alpha value is -13.7. The molecule has 682 valence electrons. The normalized spacial score (nSPS) is 11.7. The highest BCUT2D eigenvalue weighted by Gasteiger charge is 2.31. The van der Waals surface area contributed by atoms with Gasteiger partial charge in [0.1, 0.15) is 22.8 Å². The van der Waals surface area contributed by atoms with Crippen LogP contribution >= 0.6 is 61.3 Å². The van der Waals surface area contributed by atoms with Gasteiger partial charge >= 0.3 is 0 Å². The highest BCUT2D eigenvalue weighted by atomic mass is 79.9. The first-order chi connectivity index (χ1) is 64.7. The van der Waals surface area contributed by atoms with Gasteiger partial charge in [0.05, 0.1) is 111 Å². The molecule has 0 radical (unpaired) electrons. The molecule has 1 fully saturated rings. The van der Waals surface area contributed by atoms with Gasteiger partial charge in [0.15, 0.2) is 33.5 Å². The number of aromatic nitrogens is 2. The van der Waals surface area contributed by atoms with Crippen LogP contribution in [-0.4, -0.2) is 115 Å². The fourth-order valence-corrected chi connectivity index (χ4v) is 19.5. The molecule has 17 rings (SSSR count). The van der Waals surface area contributed by atoms with Crippen molar-refractivity contribution in [1.82, 2.24) is 34.6 Å². The van der Waals surface area contributed by atoms with Crippen molar-refractivity contribution < 1.29 is 64.6 Å². The zero-order valence-electron chi connectivity index (χ0n) is 74.5. The van der Waals surface area contributed by atoms with Crippen LogP contribution in [0.1, 0.15) is 124 Å². The minimum absolute atomic E-state index is 0.0752. The van der Waals surface area contributed by atoms with Gasteiger partial charge in [0, 0.05) is 91.4 Å². The summed E-state index contributed by atoms with van der Waals surface area (Å²) < 4.78 is 69.8. The van der Waals surface area contributed by atoms with Gasteiger partial charge in [0.25, 0.3) is 23.6 Å². The largest absolute Gasteiger partial charge is 0.496 e. The number of fused-ring (bicyclic) bond motifs is 1. The number of hydrogen-bond acceptors (Lipinski definition) is 22. The van der Waals surface area contributed by atoms with E-state index >= 15 is 0 Å². The molecule has 0 N–H and O–H groups in total. The molecule has 0 unspecified atom stereocenters. The van der Waals surface area contributed by atoms with E-state index in [1.165, 1.54) is 15.4 Å². The third kappa shape index (κ3) is 27.3. The quantitative estimate of drug-likeness (QED) is 0.0379. The number of nitrogens with zero attached hydrogens (tertiary/aromatic N) is 9. The van der Waals surface area contributed by atoms with E-state index in [4.69, 9.17) is 42.3 Å². The summed E-state index contributed by atoms with van der Waals surface area (Å²) in [4.78, 5) is 71.1. The molecule has 4 amide bonds. The van der Waals surface area contributed by atoms with Crippen LogP contribution in [0.3, 0.4) is 0 Å². The van der Waals surface area contributed by atoms with E-state index in [0.717, 1.165) is 94.5 Å². The fraction of sp³-hybridized carbons (Fsp3) is 0.202. The van der Waals surface area contributed by atoms with Crippen LogP contribution in [0.25, 0.3) is 11.0 Å². The number of thiophene rings is 4. The second kappa shape index (κ2) is 48.4. The summed E-state index contributed by atoms with van der Waals surface area (Å²) in [6.07, 6.45) is 0.622. The molecule has 8 heterocycles. The van der Waals surface area contributed by atoms with Crippen molar-refractivity contribution in [2.24, 2.45) is 0 Å². The van der Waals surface area contributed by atoms with E-state index in [1.807, 2.05) is 211 Å². The number of sulfonamides is 1. The predicted molar refractivity (Wildman–Crippen MR) is 526 cm³/mol. The predicted octanol–water partition coefficient (Wildman–Crippen LogP) is 22.8. The van der Waals surface area contributed by atoms with E-state index in [9.17, 15) is 27.6 Å². The third-order valence-corrected chi connectivity index (χ3v) is 27.1. The first kappa shape index (κ1) is 96.8. The molecule has 0 spiro atoms. The maximum Gasteiger partial charge on any atom is 0.290 e. The molecule has 23 nitrogen and oxygen atoms in total. The molecule has 9 aromatic carbocycles. The van der Waals surface area contributed by atoms with Crippen molar-refractivity contribution >= 4 is 112 Å². The van der Waals surface area contributed by atoms with Gasteiger partial charge in [-0.25, -0.2) is 8.42 Å². The molecule has 133 heavy (non-hydrogen) atoms. The van der Waals surface area contributed by atoms with Crippen LogP contribution in [0.5, 0.6) is 28.7 Å². The van der Waals surface area contributed by atoms with Crippen LogP contribution in [0, 0.1) is 25.2 Å². The number of para-hydroxylation sites is 4. The third-order valence-electron chi connectivity index (χ3n) is 21.4. The summed E-state index contributed by atoms with van der Waals surface area (Å²) in [6.45, 7) is 10.3. The van der Waals surface area contributed by atoms with Crippen molar-refractivity contribution in [3.63, 3.8) is 0 Å². The molecule has 0 atom stereocenters. The summed E-state index contributed by atoms with van der Waals surface area (Å²) in [5, 5.41) is 21.9. The smallest absolute Gasteiger partial charge is 0.290 e. The Balaban J connectivity index is 0.000000142. The Morgan fingerprint density at radius 2 is 0.880 bits per heavy atom. The number of anilines is 1. The van der Waals surface area contributed by atoms with Crippen LogP contribution in [0.4, 0.5) is 5.69 Å². The lowest BCUT2D eigenvalue weighted by molar-refractivity contribution is 0.0692. The number of benzene rings is 9. The number of methoxy groups -OCH3 is 5. The lowest BCUT2D eigenvalue weighted by atomic mass is 10.1. The number of carbonyl (C=O) groups is 4. The Bertz CT molecular complexity index is 6510. The molecule has 0 saturated carbocycles. The van der Waals surface area contributed by atoms with Crippen molar-refractivity contribution in [3.05, 3.63) is 410 Å². The number of rotatable bonds is 32. The standard InChI is InChI=1S/C24H23NO4S.C23H24N2O4S2.C21H18N2O2S.C18H16BrNO3S.C18H19N3O/c1-16-19-8-4-5-9-20(19)29-23(16)24(26)25(15-18-7-6-12-30-18)14-17-10-11-21(27-2)22(13-17)28-3;1-29-22-8-3-2-6-19(22)16-24(17-21-7-4-14-30-21)23(26)18-9-11-20(12-10-18)25-13-5-15-31(25,27)28;1-25-20-7-3-2-5-18(20)14-23(15-19-6-4-12-26-19)21(24)17-10-8-16(13-22)9-11-17;1-22-15-7-3-2-5-13(15)11-20(12-14-6-4-10-24-14)18(21)16-8-9-17(19)23-16;1-15-19-18(20-22-15)14-21(12-16-8-4-2-5-9-16)13-17-10-6-3-7-11-17/h4-13H,14-15H2,1-3H3;2-4,6-12,14H,5,13,15-17H2,1H3;2-12H,14-15H2,1H3;2-10H,11-12H2,1H3;2-11H,12-14H2,1H3. The average molecular weight is 1940 g/mol. The van der Waals surface area contributed by atoms with Gasteiger partial charge in [-0.05, 0) is 189 Å². The number of halogens is 1. The number of furan rings is 2. The van der Waals surface area contributed by atoms with Crippen LogP contribution < -0.4 is 28.0 Å². The second-order valence-electron chi connectivity index (χ2n) is 30.6. The van der Waals surface area contributed by atoms with Crippen molar-refractivity contribution in [2.75, 3.05) is 52.2 Å². The Kier molecular flexibility index (Phi) is 35.3. The van der Waals surface area contributed by atoms with E-state index in [1.54, 1.807) is 161 Å². The molecule has 1 aliphatic rings. The molecular weight excluding hydrogens is 1840 g/mol. The van der Waals surface area contributed by atoms with E-state index in [2.05, 4.69) is 85.6 Å². The van der Waals surface area contributed by atoms with Gasteiger partial charge in [-0.3, -0.25) is 28.4 Å². The zero-order valence-corrected chi connectivity index (χ0v) is 80.2. The van der Waals surface area contributed by atoms with Gasteiger partial charge in [-0.1, -0.05) is 169 Å². The number of aryl methyl sites for hydroxylation is 2. The zero-order chi connectivity index (χ0) is 93.4.